The highest BCUT2D eigenvalue weighted by Gasteiger charge is 2.23. The molecule has 0 aliphatic rings. The first-order valence-corrected chi connectivity index (χ1v) is 12.4. The number of benzene rings is 3. The first-order chi connectivity index (χ1) is 17.0. The van der Waals surface area contributed by atoms with E-state index >= 15 is 0 Å². The Bertz CT molecular complexity index is 1230. The fraction of sp³-hybridized carbons (Fsp3) is 0.286. The summed E-state index contributed by atoms with van der Waals surface area (Å²) < 4.78 is 11.9. The number of ether oxygens (including phenoxy) is 2. The molecule has 1 aromatic heterocycles. The summed E-state index contributed by atoms with van der Waals surface area (Å²) in [6.45, 7) is 1.44. The minimum atomic E-state index is -0.0630. The van der Waals surface area contributed by atoms with Crippen LogP contribution in [0.3, 0.4) is 0 Å². The van der Waals surface area contributed by atoms with Gasteiger partial charge in [0, 0.05) is 12.1 Å². The van der Waals surface area contributed by atoms with Crippen LogP contribution >= 0.6 is 11.3 Å². The lowest BCUT2D eigenvalue weighted by Crippen LogP contribution is -2.33. The Morgan fingerprint density at radius 3 is 2.17 bits per heavy atom. The van der Waals surface area contributed by atoms with Gasteiger partial charge in [0.25, 0.3) is 5.91 Å². The van der Waals surface area contributed by atoms with Gasteiger partial charge in [-0.3, -0.25) is 9.69 Å². The van der Waals surface area contributed by atoms with E-state index in [1.807, 2.05) is 68.7 Å². The Morgan fingerprint density at radius 1 is 0.857 bits per heavy atom. The van der Waals surface area contributed by atoms with E-state index < -0.39 is 0 Å². The van der Waals surface area contributed by atoms with Crippen LogP contribution in [0.15, 0.2) is 66.7 Å². The SMILES string of the molecule is COc1ccc(OC)c2sc(N(CCCN(C)C)C(=O)c3ccc(Cc4ccccc4)cc3)nc12. The maximum Gasteiger partial charge on any atom is 0.260 e. The van der Waals surface area contributed by atoms with Crippen molar-refractivity contribution in [1.29, 1.82) is 0 Å². The molecule has 0 aliphatic carbocycles. The molecule has 7 heteroatoms. The van der Waals surface area contributed by atoms with Crippen molar-refractivity contribution in [3.05, 3.63) is 83.4 Å². The van der Waals surface area contributed by atoms with E-state index in [-0.39, 0.29) is 5.91 Å². The first-order valence-electron chi connectivity index (χ1n) is 11.6. The van der Waals surface area contributed by atoms with Crippen LogP contribution < -0.4 is 14.4 Å². The molecular weight excluding hydrogens is 458 g/mol. The number of amides is 1. The van der Waals surface area contributed by atoms with Gasteiger partial charge in [-0.25, -0.2) is 4.98 Å². The Kier molecular flexibility index (Phi) is 8.00. The van der Waals surface area contributed by atoms with Crippen molar-refractivity contribution >= 4 is 32.6 Å². The van der Waals surface area contributed by atoms with E-state index in [1.165, 1.54) is 22.5 Å². The molecule has 4 rings (SSSR count). The number of hydrogen-bond donors (Lipinski definition) is 0. The summed E-state index contributed by atoms with van der Waals surface area (Å²) in [7, 11) is 7.32. The van der Waals surface area contributed by atoms with Gasteiger partial charge in [0.05, 0.1) is 14.2 Å². The molecule has 0 aliphatic heterocycles. The molecule has 4 aromatic rings. The van der Waals surface area contributed by atoms with Crippen molar-refractivity contribution in [2.75, 3.05) is 46.3 Å². The van der Waals surface area contributed by atoms with Crippen LogP contribution in [0.1, 0.15) is 27.9 Å². The van der Waals surface area contributed by atoms with Crippen molar-refractivity contribution in [3.8, 4) is 11.5 Å². The molecule has 6 nitrogen and oxygen atoms in total. The predicted molar refractivity (Wildman–Crippen MR) is 143 cm³/mol. The molecule has 3 aromatic carbocycles. The average Bonchev–Trinajstić information content (AvgIpc) is 3.32. The van der Waals surface area contributed by atoms with Crippen molar-refractivity contribution in [2.45, 2.75) is 12.8 Å². The summed E-state index contributed by atoms with van der Waals surface area (Å²) >= 11 is 1.45. The van der Waals surface area contributed by atoms with E-state index in [0.29, 0.717) is 28.5 Å². The number of rotatable bonds is 10. The second-order valence-electron chi connectivity index (χ2n) is 8.62. The van der Waals surface area contributed by atoms with Gasteiger partial charge in [0.15, 0.2) is 5.13 Å². The summed E-state index contributed by atoms with van der Waals surface area (Å²) in [4.78, 5) is 22.4. The average molecular weight is 490 g/mol. The van der Waals surface area contributed by atoms with Crippen molar-refractivity contribution in [3.63, 3.8) is 0 Å². The zero-order chi connectivity index (χ0) is 24.8. The topological polar surface area (TPSA) is 54.9 Å². The van der Waals surface area contributed by atoms with Gasteiger partial charge in [0.1, 0.15) is 21.7 Å². The number of fused-ring (bicyclic) bond motifs is 1. The van der Waals surface area contributed by atoms with Crippen LogP contribution in [0.5, 0.6) is 11.5 Å². The van der Waals surface area contributed by atoms with Gasteiger partial charge >= 0.3 is 0 Å². The molecule has 0 atom stereocenters. The zero-order valence-corrected chi connectivity index (χ0v) is 21.5. The first kappa shape index (κ1) is 24.7. The molecule has 0 fully saturated rings. The highest BCUT2D eigenvalue weighted by molar-refractivity contribution is 7.22. The zero-order valence-electron chi connectivity index (χ0n) is 20.7. The predicted octanol–water partition coefficient (Wildman–Crippen LogP) is 5.50. The lowest BCUT2D eigenvalue weighted by molar-refractivity contribution is 0.0986. The molecule has 35 heavy (non-hydrogen) atoms. The molecule has 0 saturated heterocycles. The molecule has 0 N–H and O–H groups in total. The summed E-state index contributed by atoms with van der Waals surface area (Å²) in [5.74, 6) is 1.32. The van der Waals surface area contributed by atoms with Crippen molar-refractivity contribution < 1.29 is 14.3 Å². The minimum absolute atomic E-state index is 0.0630. The van der Waals surface area contributed by atoms with E-state index in [0.717, 1.165) is 29.8 Å². The lowest BCUT2D eigenvalue weighted by atomic mass is 10.0. The number of thiazole rings is 1. The van der Waals surface area contributed by atoms with Crippen molar-refractivity contribution in [2.24, 2.45) is 0 Å². The molecule has 1 amide bonds. The van der Waals surface area contributed by atoms with Crippen LogP contribution in [0.25, 0.3) is 10.2 Å². The van der Waals surface area contributed by atoms with Gasteiger partial charge in [-0.2, -0.15) is 0 Å². The fourth-order valence-corrected chi connectivity index (χ4v) is 5.07. The third-order valence-corrected chi connectivity index (χ3v) is 6.91. The number of nitrogens with zero attached hydrogens (tertiary/aromatic N) is 3. The summed E-state index contributed by atoms with van der Waals surface area (Å²) in [5, 5.41) is 0.639. The van der Waals surface area contributed by atoms with Crippen LogP contribution in [0.4, 0.5) is 5.13 Å². The van der Waals surface area contributed by atoms with Crippen LogP contribution in [0.2, 0.25) is 0 Å². The highest BCUT2D eigenvalue weighted by atomic mass is 32.1. The van der Waals surface area contributed by atoms with Gasteiger partial charge < -0.3 is 14.4 Å². The number of carbonyl (C=O) groups is 1. The van der Waals surface area contributed by atoms with Crippen LogP contribution in [-0.4, -0.2) is 57.2 Å². The Labute approximate surface area is 210 Å². The maximum absolute atomic E-state index is 13.7. The summed E-state index contributed by atoms with van der Waals surface area (Å²) in [6.07, 6.45) is 1.66. The van der Waals surface area contributed by atoms with Crippen LogP contribution in [-0.2, 0) is 6.42 Å². The third-order valence-electron chi connectivity index (χ3n) is 5.81. The largest absolute Gasteiger partial charge is 0.495 e. The summed E-state index contributed by atoms with van der Waals surface area (Å²) in [6, 6.07) is 21.9. The second kappa shape index (κ2) is 11.3. The second-order valence-corrected chi connectivity index (χ2v) is 9.59. The number of anilines is 1. The number of methoxy groups -OCH3 is 2. The maximum atomic E-state index is 13.7. The van der Waals surface area contributed by atoms with E-state index in [4.69, 9.17) is 14.5 Å². The molecular formula is C28H31N3O3S. The quantitative estimate of drug-likeness (QED) is 0.294. The van der Waals surface area contributed by atoms with E-state index in [1.54, 1.807) is 19.1 Å². The van der Waals surface area contributed by atoms with Gasteiger partial charge in [-0.05, 0) is 68.9 Å². The normalized spacial score (nSPS) is 11.1. The van der Waals surface area contributed by atoms with Gasteiger partial charge in [-0.15, -0.1) is 0 Å². The lowest BCUT2D eigenvalue weighted by Gasteiger charge is -2.21. The Hall–Kier alpha value is -3.42. The molecule has 0 unspecified atom stereocenters. The molecule has 1 heterocycles. The standard InChI is InChI=1S/C28H31N3O3S/c1-30(2)17-8-18-31(28-29-25-23(33-3)15-16-24(34-4)26(25)35-28)27(32)22-13-11-21(12-14-22)19-20-9-6-5-7-10-20/h5-7,9-16H,8,17-19H2,1-4H3. The monoisotopic (exact) mass is 489 g/mol. The highest BCUT2D eigenvalue weighted by Crippen LogP contribution is 2.40. The number of aromatic nitrogens is 1. The Morgan fingerprint density at radius 2 is 1.51 bits per heavy atom. The molecule has 182 valence electrons. The molecule has 0 radical (unpaired) electrons. The number of carbonyl (C=O) groups excluding carboxylic acids is 1. The smallest absolute Gasteiger partial charge is 0.260 e. The van der Waals surface area contributed by atoms with Crippen LogP contribution in [0, 0.1) is 0 Å². The summed E-state index contributed by atoms with van der Waals surface area (Å²) in [5.41, 5.74) is 3.76. The fourth-order valence-electron chi connectivity index (χ4n) is 3.97. The van der Waals surface area contributed by atoms with Crippen molar-refractivity contribution in [1.82, 2.24) is 9.88 Å². The molecule has 0 spiro atoms. The van der Waals surface area contributed by atoms with Gasteiger partial charge in [0.2, 0.25) is 0 Å². The Balaban J connectivity index is 1.64. The van der Waals surface area contributed by atoms with E-state index in [9.17, 15) is 4.79 Å². The number of hydrogen-bond acceptors (Lipinski definition) is 6. The minimum Gasteiger partial charge on any atom is -0.495 e. The van der Waals surface area contributed by atoms with Gasteiger partial charge in [-0.1, -0.05) is 53.8 Å². The third kappa shape index (κ3) is 5.81. The molecule has 0 bridgehead atoms. The van der Waals surface area contributed by atoms with E-state index in [2.05, 4.69) is 17.0 Å². The molecule has 0 saturated carbocycles.